The quantitative estimate of drug-likeness (QED) is 0.276. The number of benzene rings is 1. The van der Waals surface area contributed by atoms with Gasteiger partial charge < -0.3 is 15.2 Å². The number of amides is 1. The average molecular weight is 558 g/mol. The van der Waals surface area contributed by atoms with E-state index in [2.05, 4.69) is 51.6 Å². The van der Waals surface area contributed by atoms with Gasteiger partial charge in [0, 0.05) is 42.6 Å². The van der Waals surface area contributed by atoms with Gasteiger partial charge in [-0.15, -0.1) is 0 Å². The van der Waals surface area contributed by atoms with E-state index in [1.807, 2.05) is 13.1 Å². The highest BCUT2D eigenvalue weighted by molar-refractivity contribution is 5.91. The van der Waals surface area contributed by atoms with Crippen LogP contribution in [-0.2, 0) is 29.1 Å². The summed E-state index contributed by atoms with van der Waals surface area (Å²) in [6.07, 6.45) is -1.90. The van der Waals surface area contributed by atoms with Gasteiger partial charge >= 0.3 is 6.18 Å². The van der Waals surface area contributed by atoms with Crippen molar-refractivity contribution < 1.29 is 26.9 Å². The van der Waals surface area contributed by atoms with Crippen molar-refractivity contribution in [1.29, 1.82) is 0 Å². The van der Waals surface area contributed by atoms with Crippen LogP contribution in [0.3, 0.4) is 0 Å². The molecular formula is C27H27F4N7O2. The highest BCUT2D eigenvalue weighted by Gasteiger charge is 2.66. The minimum atomic E-state index is -4.46. The monoisotopic (exact) mass is 557 g/mol. The van der Waals surface area contributed by atoms with Gasteiger partial charge in [-0.1, -0.05) is 38.1 Å². The van der Waals surface area contributed by atoms with Gasteiger partial charge in [-0.2, -0.15) is 18.3 Å². The molecule has 2 N–H and O–H groups in total. The Labute approximate surface area is 227 Å². The molecule has 0 spiro atoms. The van der Waals surface area contributed by atoms with Gasteiger partial charge in [0.05, 0.1) is 12.1 Å². The summed E-state index contributed by atoms with van der Waals surface area (Å²) in [6, 6.07) is 7.34. The maximum atomic E-state index is 14.8. The lowest BCUT2D eigenvalue weighted by molar-refractivity contribution is -0.165. The molecule has 5 rings (SSSR count). The molecule has 1 saturated carbocycles. The van der Waals surface area contributed by atoms with Gasteiger partial charge in [-0.3, -0.25) is 9.48 Å². The van der Waals surface area contributed by atoms with E-state index in [4.69, 9.17) is 4.52 Å². The molecule has 1 aliphatic carbocycles. The average Bonchev–Trinajstić information content (AvgIpc) is 3.44. The second kappa shape index (κ2) is 9.72. The molecule has 1 aliphatic rings. The topological polar surface area (TPSA) is 111 Å². The fourth-order valence-corrected chi connectivity index (χ4v) is 4.19. The van der Waals surface area contributed by atoms with Gasteiger partial charge in [-0.05, 0) is 30.0 Å². The Kier molecular flexibility index (Phi) is 6.63. The number of aromatic nitrogens is 5. The first-order valence-electron chi connectivity index (χ1n) is 12.5. The molecular weight excluding hydrogens is 530 g/mol. The fourth-order valence-electron chi connectivity index (χ4n) is 4.19. The molecule has 3 heterocycles. The predicted octanol–water partition coefficient (Wildman–Crippen LogP) is 5.82. The van der Waals surface area contributed by atoms with Crippen LogP contribution in [0.5, 0.6) is 0 Å². The zero-order chi connectivity index (χ0) is 28.9. The Hall–Kier alpha value is -4.29. The highest BCUT2D eigenvalue weighted by Crippen LogP contribution is 2.59. The number of halogens is 4. The summed E-state index contributed by atoms with van der Waals surface area (Å²) in [5.41, 5.74) is -0.0746. The Morgan fingerprint density at radius 3 is 2.35 bits per heavy atom. The summed E-state index contributed by atoms with van der Waals surface area (Å²) < 4.78 is 61.2. The number of alkyl halides is 3. The Bertz CT molecular complexity index is 1550. The van der Waals surface area contributed by atoms with Crippen molar-refractivity contribution in [2.24, 2.45) is 7.05 Å². The lowest BCUT2D eigenvalue weighted by Crippen LogP contribution is -2.28. The van der Waals surface area contributed by atoms with Gasteiger partial charge in [0.1, 0.15) is 17.1 Å². The van der Waals surface area contributed by atoms with Crippen molar-refractivity contribution in [3.63, 3.8) is 0 Å². The Balaban J connectivity index is 1.22. The number of hydrogen-bond acceptors (Lipinski definition) is 7. The number of nitrogens with one attached hydrogen (secondary N) is 2. The van der Waals surface area contributed by atoms with Crippen molar-refractivity contribution >= 4 is 23.5 Å². The van der Waals surface area contributed by atoms with Crippen LogP contribution in [0.1, 0.15) is 50.6 Å². The Morgan fingerprint density at radius 2 is 1.77 bits per heavy atom. The fraction of sp³-hybridized carbons (Fsp3) is 0.370. The zero-order valence-electron chi connectivity index (χ0n) is 22.2. The molecule has 0 atom stereocenters. The van der Waals surface area contributed by atoms with Crippen molar-refractivity contribution in [3.8, 4) is 11.1 Å². The second-order valence-electron chi connectivity index (χ2n) is 10.9. The maximum Gasteiger partial charge on any atom is 0.401 e. The number of rotatable bonds is 7. The summed E-state index contributed by atoms with van der Waals surface area (Å²) in [5, 5.41) is 13.5. The van der Waals surface area contributed by atoms with Crippen molar-refractivity contribution in [3.05, 3.63) is 65.6 Å². The standard InChI is InChI=1S/C27H27F4N7O2/c1-25(2,3)19-11-22(38(4)36-19)35-24-32-13-17(14-33-24)15-5-6-16(18(28)9-15)10-23(39)34-21-12-20(40-37-21)26(7-8-26)27(29,30)31/h5-6,9,11-14H,7-8,10H2,1-4H3,(H,32,33,35)(H,34,37,39). The lowest BCUT2D eigenvalue weighted by Gasteiger charge is -2.14. The third-order valence-electron chi connectivity index (χ3n) is 6.82. The van der Waals surface area contributed by atoms with Gasteiger partial charge in [0.2, 0.25) is 11.9 Å². The normalized spacial score (nSPS) is 14.7. The molecule has 0 aliphatic heterocycles. The minimum Gasteiger partial charge on any atom is -0.358 e. The summed E-state index contributed by atoms with van der Waals surface area (Å²) >= 11 is 0. The molecule has 13 heteroatoms. The number of aryl methyl sites for hydroxylation is 1. The van der Waals surface area contributed by atoms with Crippen molar-refractivity contribution in [2.45, 2.75) is 57.0 Å². The molecule has 9 nitrogen and oxygen atoms in total. The smallest absolute Gasteiger partial charge is 0.358 e. The van der Waals surface area contributed by atoms with Gasteiger partial charge in [0.25, 0.3) is 0 Å². The molecule has 1 aromatic carbocycles. The van der Waals surface area contributed by atoms with Crippen LogP contribution in [0.2, 0.25) is 0 Å². The van der Waals surface area contributed by atoms with Crippen molar-refractivity contribution in [2.75, 3.05) is 10.6 Å². The molecule has 0 bridgehead atoms. The highest BCUT2D eigenvalue weighted by atomic mass is 19.4. The molecule has 210 valence electrons. The van der Waals surface area contributed by atoms with E-state index in [-0.39, 0.29) is 41.8 Å². The van der Waals surface area contributed by atoms with E-state index in [1.54, 1.807) is 23.1 Å². The maximum absolute atomic E-state index is 14.8. The SMILES string of the molecule is Cn1nc(C(C)(C)C)cc1Nc1ncc(-c2ccc(CC(=O)Nc3cc(C4(C(F)(F)F)CC4)on3)c(F)c2)cn1. The minimum absolute atomic E-state index is 0.0937. The van der Waals surface area contributed by atoms with E-state index in [0.717, 1.165) is 17.6 Å². The largest absolute Gasteiger partial charge is 0.401 e. The molecule has 4 aromatic rings. The first kappa shape index (κ1) is 27.3. The van der Waals surface area contributed by atoms with Crippen LogP contribution in [0.25, 0.3) is 11.1 Å². The molecule has 0 unspecified atom stereocenters. The zero-order valence-corrected chi connectivity index (χ0v) is 22.2. The van der Waals surface area contributed by atoms with Crippen LogP contribution in [-0.4, -0.2) is 37.0 Å². The van der Waals surface area contributed by atoms with Crippen molar-refractivity contribution in [1.82, 2.24) is 24.9 Å². The van der Waals surface area contributed by atoms with Crippen LogP contribution in [0.4, 0.5) is 35.1 Å². The third-order valence-corrected chi connectivity index (χ3v) is 6.82. The van der Waals surface area contributed by atoms with E-state index < -0.39 is 23.3 Å². The van der Waals surface area contributed by atoms with Gasteiger partial charge in [0.15, 0.2) is 11.6 Å². The first-order chi connectivity index (χ1) is 18.7. The van der Waals surface area contributed by atoms with E-state index in [1.165, 1.54) is 12.1 Å². The number of carbonyl (C=O) groups excluding carboxylic acids is 1. The predicted molar refractivity (Wildman–Crippen MR) is 138 cm³/mol. The molecule has 40 heavy (non-hydrogen) atoms. The van der Waals surface area contributed by atoms with E-state index in [0.29, 0.717) is 17.1 Å². The molecule has 1 fully saturated rings. The number of hydrogen-bond donors (Lipinski definition) is 2. The molecule has 0 saturated heterocycles. The molecule has 3 aromatic heterocycles. The summed E-state index contributed by atoms with van der Waals surface area (Å²) in [4.78, 5) is 21.0. The van der Waals surface area contributed by atoms with Crippen LogP contribution in [0.15, 0.2) is 47.2 Å². The number of anilines is 3. The van der Waals surface area contributed by atoms with E-state index in [9.17, 15) is 22.4 Å². The third kappa shape index (κ3) is 5.40. The molecule has 1 amide bonds. The second-order valence-corrected chi connectivity index (χ2v) is 10.9. The lowest BCUT2D eigenvalue weighted by atomic mass is 9.92. The van der Waals surface area contributed by atoms with Crippen LogP contribution < -0.4 is 10.6 Å². The molecule has 0 radical (unpaired) electrons. The van der Waals surface area contributed by atoms with Crippen LogP contribution in [0, 0.1) is 5.82 Å². The Morgan fingerprint density at radius 1 is 1.07 bits per heavy atom. The van der Waals surface area contributed by atoms with E-state index >= 15 is 0 Å². The summed E-state index contributed by atoms with van der Waals surface area (Å²) in [6.45, 7) is 6.20. The summed E-state index contributed by atoms with van der Waals surface area (Å²) in [5.74, 6) is -0.704. The number of carbonyl (C=O) groups is 1. The van der Waals surface area contributed by atoms with Crippen LogP contribution >= 0.6 is 0 Å². The number of nitrogens with zero attached hydrogens (tertiary/aromatic N) is 5. The summed E-state index contributed by atoms with van der Waals surface area (Å²) in [7, 11) is 1.82. The first-order valence-corrected chi connectivity index (χ1v) is 12.5. The van der Waals surface area contributed by atoms with Gasteiger partial charge in [-0.25, -0.2) is 14.4 Å².